The first-order valence-electron chi connectivity index (χ1n) is 21.6. The van der Waals surface area contributed by atoms with E-state index in [-0.39, 0.29) is 50.7 Å². The van der Waals surface area contributed by atoms with Gasteiger partial charge in [-0.2, -0.15) is 0 Å². The second kappa shape index (κ2) is 19.3. The van der Waals surface area contributed by atoms with Crippen molar-refractivity contribution in [3.8, 4) is 11.5 Å². The molecule has 1 fully saturated rings. The number of nitrogens with one attached hydrogen (secondary N) is 2. The molecule has 1 aromatic carbocycles. The number of ketones is 1. The van der Waals surface area contributed by atoms with Crippen LogP contribution in [0.1, 0.15) is 114 Å². The van der Waals surface area contributed by atoms with Crippen LogP contribution in [0.25, 0.3) is 0 Å². The van der Waals surface area contributed by atoms with Crippen LogP contribution in [0.15, 0.2) is 52.5 Å². The first-order valence-corrected chi connectivity index (χ1v) is 21.6. The van der Waals surface area contributed by atoms with Crippen molar-refractivity contribution in [2.75, 3.05) is 26.7 Å². The zero-order chi connectivity index (χ0) is 46.0. The summed E-state index contributed by atoms with van der Waals surface area (Å²) in [6.07, 6.45) is 5.89. The van der Waals surface area contributed by atoms with Gasteiger partial charge in [-0.1, -0.05) is 59.8 Å². The Morgan fingerprint density at radius 3 is 2.27 bits per heavy atom. The van der Waals surface area contributed by atoms with Gasteiger partial charge in [0.1, 0.15) is 29.0 Å². The maximum Gasteiger partial charge on any atom is 0.302 e. The number of phenolic OH excluding ortho intramolecular Hbond substituents is 1. The van der Waals surface area contributed by atoms with Gasteiger partial charge in [0.2, 0.25) is 11.6 Å². The van der Waals surface area contributed by atoms with Crippen molar-refractivity contribution in [2.24, 2.45) is 34.6 Å². The zero-order valence-electron chi connectivity index (χ0n) is 38.2. The van der Waals surface area contributed by atoms with E-state index < -0.39 is 82.9 Å². The first kappa shape index (κ1) is 48.2. The number of carbonyl (C=O) groups is 4. The van der Waals surface area contributed by atoms with E-state index in [2.05, 4.69) is 29.4 Å². The highest BCUT2D eigenvalue weighted by Crippen LogP contribution is 2.46. The van der Waals surface area contributed by atoms with Crippen LogP contribution < -0.4 is 15.4 Å². The number of esters is 1. The summed E-state index contributed by atoms with van der Waals surface area (Å²) in [6, 6.07) is 0. The van der Waals surface area contributed by atoms with Crippen LogP contribution in [-0.4, -0.2) is 112 Å². The highest BCUT2D eigenvalue weighted by molar-refractivity contribution is 6.33. The SMILES string of the molecule is CO[C@H]1/C=C/OC(C)(C)Oc2c(C)c(O)c3c(c2C=O)C2=NC4(CCN(CC(C)C)CC4)NC2=C(NC(=O)/C(C)=C\C=C\[C@H](C)[C@H](O)[C@@H](C)[C@@H](O)[C@@H](C)[C@H](OC(C)=O)[C@@H]1C)C3=O. The number of hydrogen-bond donors (Lipinski definition) is 5. The van der Waals surface area contributed by atoms with Crippen molar-refractivity contribution in [1.82, 2.24) is 15.5 Å². The van der Waals surface area contributed by atoms with Gasteiger partial charge in [-0.05, 0) is 25.8 Å². The molecule has 0 saturated carbocycles. The predicted octanol–water partition coefficient (Wildman–Crippen LogP) is 5.25. The highest BCUT2D eigenvalue weighted by Gasteiger charge is 2.48. The van der Waals surface area contributed by atoms with E-state index in [0.717, 1.165) is 19.6 Å². The molecule has 4 aliphatic heterocycles. The molecule has 0 unspecified atom stereocenters. The molecule has 6 rings (SSSR count). The Kier molecular flexibility index (Phi) is 15.0. The number of phenols is 1. The summed E-state index contributed by atoms with van der Waals surface area (Å²) < 4.78 is 24.1. The van der Waals surface area contributed by atoms with Gasteiger partial charge in [0.05, 0.1) is 47.1 Å². The smallest absolute Gasteiger partial charge is 0.302 e. The number of amides is 1. The van der Waals surface area contributed by atoms with Gasteiger partial charge >= 0.3 is 5.97 Å². The summed E-state index contributed by atoms with van der Waals surface area (Å²) in [5.74, 6) is -5.68. The molecular weight excluding hydrogens is 797 g/mol. The van der Waals surface area contributed by atoms with Gasteiger partial charge in [-0.25, -0.2) is 0 Å². The lowest BCUT2D eigenvalue weighted by Gasteiger charge is -2.38. The van der Waals surface area contributed by atoms with Crippen molar-refractivity contribution < 1.29 is 53.4 Å². The minimum atomic E-state index is -1.48. The Morgan fingerprint density at radius 2 is 1.68 bits per heavy atom. The second-order valence-corrected chi connectivity index (χ2v) is 18.3. The number of likely N-dealkylation sites (tertiary alicyclic amines) is 1. The molecule has 62 heavy (non-hydrogen) atoms. The monoisotopic (exact) mass is 862 g/mol. The fourth-order valence-corrected chi connectivity index (χ4v) is 8.96. The Hall–Kier alpha value is -4.83. The number of hydrogen-bond acceptors (Lipinski definition) is 14. The number of nitrogens with zero attached hydrogens (tertiary/aromatic N) is 2. The normalized spacial score (nSPS) is 31.3. The van der Waals surface area contributed by atoms with Crippen molar-refractivity contribution in [3.63, 3.8) is 0 Å². The number of carbonyl (C=O) groups excluding carboxylic acids is 4. The molecule has 15 heteroatoms. The number of aromatic hydroxyl groups is 1. The quantitative estimate of drug-likeness (QED) is 0.190. The van der Waals surface area contributed by atoms with Crippen LogP contribution in [0, 0.1) is 36.5 Å². The third kappa shape index (κ3) is 10.0. The summed E-state index contributed by atoms with van der Waals surface area (Å²) in [4.78, 5) is 61.7. The molecule has 1 saturated heterocycles. The zero-order valence-corrected chi connectivity index (χ0v) is 38.2. The van der Waals surface area contributed by atoms with E-state index in [4.69, 9.17) is 23.9 Å². The van der Waals surface area contributed by atoms with Crippen molar-refractivity contribution in [2.45, 2.75) is 125 Å². The molecule has 0 radical (unpaired) electrons. The predicted molar refractivity (Wildman–Crippen MR) is 233 cm³/mol. The highest BCUT2D eigenvalue weighted by atomic mass is 16.7. The number of Topliss-reactive ketones (excluding diaryl/α,β-unsaturated/α-hetero) is 1. The summed E-state index contributed by atoms with van der Waals surface area (Å²) in [6.45, 7) is 21.3. The number of rotatable bonds is 5. The summed E-state index contributed by atoms with van der Waals surface area (Å²) in [7, 11) is 1.49. The third-order valence-corrected chi connectivity index (χ3v) is 12.6. The number of allylic oxidation sites excluding steroid dienone is 4. The minimum Gasteiger partial charge on any atom is -0.507 e. The first-order chi connectivity index (χ1) is 29.1. The van der Waals surface area contributed by atoms with Crippen LogP contribution in [0.4, 0.5) is 0 Å². The number of aldehydes is 1. The van der Waals surface area contributed by atoms with Gasteiger partial charge in [0, 0.05) is 101 Å². The molecule has 1 spiro atoms. The van der Waals surface area contributed by atoms with E-state index in [1.54, 1.807) is 65.8 Å². The standard InChI is InChI=1S/C47H66N4O11/c1-24(2)22-51-19-17-47(18-20-51)49-36-34-32(23-52)44-30(8)41(56)35(34)42(57)38(37(36)50-47)48-45(58)26(4)15-13-14-25(3)39(54)28(6)40(55)29(7)43(61-31(9)53)27(5)33(59-12)16-21-60-46(10,11)62-44/h13-16,21,23-25,27-29,33,39-40,43,50,54-56H,17-20,22H2,1-12H3,(H,48,58)/b14-13+,21-16+,26-15-/t25-,27+,28+,29+,33-,39-,40+,43+/m0/s1. The van der Waals surface area contributed by atoms with Gasteiger partial charge in [0.25, 0.3) is 5.91 Å². The number of aliphatic hydroxyl groups is 2. The van der Waals surface area contributed by atoms with Crippen LogP contribution in [-0.2, 0) is 23.8 Å². The molecule has 1 aliphatic carbocycles. The molecule has 15 nitrogen and oxygen atoms in total. The van der Waals surface area contributed by atoms with Gasteiger partial charge in [-0.3, -0.25) is 24.2 Å². The lowest BCUT2D eigenvalue weighted by atomic mass is 9.78. The maximum atomic E-state index is 14.6. The molecule has 1 amide bonds. The van der Waals surface area contributed by atoms with Crippen LogP contribution in [0.3, 0.4) is 0 Å². The van der Waals surface area contributed by atoms with Crippen molar-refractivity contribution in [1.29, 1.82) is 0 Å². The number of aliphatic hydroxyl groups excluding tert-OH is 2. The molecule has 5 aliphatic rings. The average Bonchev–Trinajstić information content (AvgIpc) is 3.59. The fraction of sp³-hybridized carbons (Fsp3) is 0.596. The Labute approximate surface area is 365 Å². The van der Waals surface area contributed by atoms with Gasteiger partial charge in [0.15, 0.2) is 6.29 Å². The van der Waals surface area contributed by atoms with Crippen LogP contribution >= 0.6 is 0 Å². The molecule has 1 aromatic rings. The largest absolute Gasteiger partial charge is 0.507 e. The number of benzene rings is 1. The van der Waals surface area contributed by atoms with Crippen molar-refractivity contribution >= 4 is 29.7 Å². The molecule has 5 N–H and O–H groups in total. The lowest BCUT2D eigenvalue weighted by molar-refractivity contribution is -0.160. The van der Waals surface area contributed by atoms with Gasteiger partial charge < -0.3 is 49.8 Å². The van der Waals surface area contributed by atoms with E-state index in [0.29, 0.717) is 25.0 Å². The van der Waals surface area contributed by atoms with Crippen LogP contribution in [0.5, 0.6) is 11.5 Å². The van der Waals surface area contributed by atoms with Gasteiger partial charge in [-0.15, -0.1) is 0 Å². The van der Waals surface area contributed by atoms with E-state index in [1.807, 2.05) is 6.92 Å². The summed E-state index contributed by atoms with van der Waals surface area (Å²) in [5.41, 5.74) is -0.304. The molecule has 4 heterocycles. The van der Waals surface area contributed by atoms with Crippen LogP contribution in [0.2, 0.25) is 0 Å². The van der Waals surface area contributed by atoms with E-state index in [1.165, 1.54) is 27.2 Å². The van der Waals surface area contributed by atoms with Crippen molar-refractivity contribution in [3.05, 3.63) is 69.8 Å². The second-order valence-electron chi connectivity index (χ2n) is 18.3. The number of ether oxygens (including phenoxy) is 4. The fourth-order valence-electron chi connectivity index (χ4n) is 8.96. The molecule has 4 bridgehead atoms. The number of fused-ring (bicyclic) bond motifs is 17. The summed E-state index contributed by atoms with van der Waals surface area (Å²) >= 11 is 0. The Bertz CT molecular complexity index is 2060. The molecular formula is C47H66N4O11. The molecule has 340 valence electrons. The topological polar surface area (TPSA) is 206 Å². The minimum absolute atomic E-state index is 0.0271. The number of piperidine rings is 1. The Morgan fingerprint density at radius 1 is 1.02 bits per heavy atom. The van der Waals surface area contributed by atoms with E-state index >= 15 is 0 Å². The number of aliphatic imine (C=N–C) groups is 1. The Balaban J connectivity index is 1.66. The third-order valence-electron chi connectivity index (χ3n) is 12.6. The molecule has 8 atom stereocenters. The lowest BCUT2D eigenvalue weighted by Crippen LogP contribution is -2.50. The molecule has 0 aromatic heterocycles. The average molecular weight is 863 g/mol. The van der Waals surface area contributed by atoms with E-state index in [9.17, 15) is 34.5 Å². The number of methoxy groups -OCH3 is 1. The summed E-state index contributed by atoms with van der Waals surface area (Å²) in [5, 5.41) is 41.1. The maximum absolute atomic E-state index is 14.6.